The molecule has 0 bridgehead atoms. The molecule has 1 atom stereocenters. The number of hydrogen-bond acceptors (Lipinski definition) is 2. The van der Waals surface area contributed by atoms with Crippen LogP contribution < -0.4 is 5.73 Å². The Bertz CT molecular complexity index is 328. The Balaban J connectivity index is 3.04. The molecule has 4 heteroatoms. The molecule has 14 heavy (non-hydrogen) atoms. The third-order valence-electron chi connectivity index (χ3n) is 2.22. The molecule has 0 aliphatic heterocycles. The van der Waals surface area contributed by atoms with E-state index >= 15 is 0 Å². The van der Waals surface area contributed by atoms with Crippen LogP contribution in [-0.2, 0) is 0 Å². The minimum absolute atomic E-state index is 0.0703. The van der Waals surface area contributed by atoms with E-state index in [9.17, 15) is 0 Å². The minimum Gasteiger partial charge on any atom is -0.396 e. The van der Waals surface area contributed by atoms with Crippen molar-refractivity contribution in [1.29, 1.82) is 0 Å². The van der Waals surface area contributed by atoms with Crippen LogP contribution in [0.2, 0.25) is 10.0 Å². The first-order valence-electron chi connectivity index (χ1n) is 4.39. The topological polar surface area (TPSA) is 46.2 Å². The summed E-state index contributed by atoms with van der Waals surface area (Å²) >= 11 is 11.8. The second-order valence-electron chi connectivity index (χ2n) is 3.19. The second kappa shape index (κ2) is 4.99. The van der Waals surface area contributed by atoms with Crippen molar-refractivity contribution in [1.82, 2.24) is 0 Å². The number of halogens is 2. The van der Waals surface area contributed by atoms with Gasteiger partial charge in [0.05, 0.1) is 10.0 Å². The SMILES string of the molecule is Cc1c([C@H](N)CCO)ccc(Cl)c1Cl. The standard InChI is InChI=1S/C10H13Cl2NO/c1-6-7(9(13)4-5-14)2-3-8(11)10(6)12/h2-3,9,14H,4-5,13H2,1H3/t9-/m1/s1. The van der Waals surface area contributed by atoms with Crippen LogP contribution in [0.5, 0.6) is 0 Å². The average Bonchev–Trinajstić information content (AvgIpc) is 2.15. The van der Waals surface area contributed by atoms with Gasteiger partial charge in [-0.2, -0.15) is 0 Å². The van der Waals surface area contributed by atoms with Crippen LogP contribution in [0.4, 0.5) is 0 Å². The lowest BCUT2D eigenvalue weighted by atomic mass is 10.00. The van der Waals surface area contributed by atoms with Crippen molar-refractivity contribution in [3.63, 3.8) is 0 Å². The molecule has 0 radical (unpaired) electrons. The molecule has 1 aromatic carbocycles. The van der Waals surface area contributed by atoms with Crippen molar-refractivity contribution in [2.75, 3.05) is 6.61 Å². The van der Waals surface area contributed by atoms with Gasteiger partial charge in [0.25, 0.3) is 0 Å². The first-order chi connectivity index (χ1) is 6.57. The molecule has 1 aromatic rings. The lowest BCUT2D eigenvalue weighted by Gasteiger charge is -2.15. The van der Waals surface area contributed by atoms with Crippen molar-refractivity contribution < 1.29 is 5.11 Å². The molecular weight excluding hydrogens is 221 g/mol. The molecule has 0 aliphatic carbocycles. The summed E-state index contributed by atoms with van der Waals surface area (Å²) in [6, 6.07) is 3.39. The highest BCUT2D eigenvalue weighted by Crippen LogP contribution is 2.30. The third-order valence-corrected chi connectivity index (χ3v) is 3.12. The van der Waals surface area contributed by atoms with Gasteiger partial charge in [-0.3, -0.25) is 0 Å². The summed E-state index contributed by atoms with van der Waals surface area (Å²) in [7, 11) is 0. The van der Waals surface area contributed by atoms with E-state index in [2.05, 4.69) is 0 Å². The maximum atomic E-state index is 8.77. The van der Waals surface area contributed by atoms with E-state index in [0.717, 1.165) is 11.1 Å². The maximum Gasteiger partial charge on any atom is 0.0624 e. The van der Waals surface area contributed by atoms with Crippen molar-refractivity contribution in [3.05, 3.63) is 33.3 Å². The van der Waals surface area contributed by atoms with E-state index < -0.39 is 0 Å². The predicted molar refractivity (Wildman–Crippen MR) is 59.8 cm³/mol. The lowest BCUT2D eigenvalue weighted by Crippen LogP contribution is -2.13. The highest BCUT2D eigenvalue weighted by molar-refractivity contribution is 6.42. The number of aliphatic hydroxyl groups excluding tert-OH is 1. The van der Waals surface area contributed by atoms with Gasteiger partial charge in [-0.1, -0.05) is 29.3 Å². The smallest absolute Gasteiger partial charge is 0.0624 e. The van der Waals surface area contributed by atoms with Crippen molar-refractivity contribution in [2.45, 2.75) is 19.4 Å². The molecule has 0 fully saturated rings. The van der Waals surface area contributed by atoms with Gasteiger partial charge in [0.1, 0.15) is 0 Å². The predicted octanol–water partition coefficient (Wildman–Crippen LogP) is 2.68. The fourth-order valence-corrected chi connectivity index (χ4v) is 1.74. The monoisotopic (exact) mass is 233 g/mol. The van der Waals surface area contributed by atoms with E-state index in [1.807, 2.05) is 13.0 Å². The second-order valence-corrected chi connectivity index (χ2v) is 3.98. The van der Waals surface area contributed by atoms with Crippen LogP contribution in [0, 0.1) is 6.92 Å². The van der Waals surface area contributed by atoms with Gasteiger partial charge in [-0.25, -0.2) is 0 Å². The molecule has 0 saturated heterocycles. The fraction of sp³-hybridized carbons (Fsp3) is 0.400. The zero-order valence-electron chi connectivity index (χ0n) is 7.93. The summed E-state index contributed by atoms with van der Waals surface area (Å²) in [6.07, 6.45) is 0.527. The van der Waals surface area contributed by atoms with Gasteiger partial charge in [0.15, 0.2) is 0 Å². The number of nitrogens with two attached hydrogens (primary N) is 1. The van der Waals surface area contributed by atoms with Crippen LogP contribution in [0.1, 0.15) is 23.6 Å². The van der Waals surface area contributed by atoms with E-state index in [4.69, 9.17) is 34.0 Å². The highest BCUT2D eigenvalue weighted by atomic mass is 35.5. The van der Waals surface area contributed by atoms with Crippen LogP contribution in [-0.4, -0.2) is 11.7 Å². The molecule has 0 heterocycles. The largest absolute Gasteiger partial charge is 0.396 e. The molecular formula is C10H13Cl2NO. The number of aliphatic hydroxyl groups is 1. The first-order valence-corrected chi connectivity index (χ1v) is 5.14. The van der Waals surface area contributed by atoms with Crippen LogP contribution in [0.3, 0.4) is 0 Å². The fourth-order valence-electron chi connectivity index (χ4n) is 1.36. The zero-order chi connectivity index (χ0) is 10.7. The molecule has 0 spiro atoms. The number of benzene rings is 1. The summed E-state index contributed by atoms with van der Waals surface area (Å²) in [5, 5.41) is 9.84. The van der Waals surface area contributed by atoms with Crippen molar-refractivity contribution >= 4 is 23.2 Å². The van der Waals surface area contributed by atoms with Gasteiger partial charge in [-0.05, 0) is 30.5 Å². The molecule has 78 valence electrons. The van der Waals surface area contributed by atoms with Gasteiger partial charge < -0.3 is 10.8 Å². The quantitative estimate of drug-likeness (QED) is 0.844. The molecule has 2 nitrogen and oxygen atoms in total. The van der Waals surface area contributed by atoms with Crippen LogP contribution >= 0.6 is 23.2 Å². The van der Waals surface area contributed by atoms with Gasteiger partial charge in [-0.15, -0.1) is 0 Å². The average molecular weight is 234 g/mol. The summed E-state index contributed by atoms with van der Waals surface area (Å²) < 4.78 is 0. The Kier molecular flexibility index (Phi) is 4.20. The Hall–Kier alpha value is -0.280. The Labute approximate surface area is 93.6 Å². The normalized spacial score (nSPS) is 12.9. The van der Waals surface area contributed by atoms with Crippen LogP contribution in [0.25, 0.3) is 0 Å². The summed E-state index contributed by atoms with van der Waals surface area (Å²) in [5.41, 5.74) is 7.69. The highest BCUT2D eigenvalue weighted by Gasteiger charge is 2.12. The first kappa shape index (κ1) is 11.8. The Morgan fingerprint density at radius 1 is 1.43 bits per heavy atom. The van der Waals surface area contributed by atoms with E-state index in [1.165, 1.54) is 0 Å². The molecule has 0 aromatic heterocycles. The molecule has 0 amide bonds. The van der Waals surface area contributed by atoms with Gasteiger partial charge in [0.2, 0.25) is 0 Å². The van der Waals surface area contributed by atoms with E-state index in [1.54, 1.807) is 6.07 Å². The molecule has 3 N–H and O–H groups in total. The molecule has 0 saturated carbocycles. The van der Waals surface area contributed by atoms with E-state index in [-0.39, 0.29) is 12.6 Å². The Morgan fingerprint density at radius 3 is 2.64 bits per heavy atom. The maximum absolute atomic E-state index is 8.77. The Morgan fingerprint density at radius 2 is 2.07 bits per heavy atom. The molecule has 1 rings (SSSR count). The number of rotatable bonds is 3. The third kappa shape index (κ3) is 2.39. The molecule has 0 unspecified atom stereocenters. The summed E-state index contributed by atoms with van der Waals surface area (Å²) in [4.78, 5) is 0. The van der Waals surface area contributed by atoms with Crippen molar-refractivity contribution in [3.8, 4) is 0 Å². The molecule has 0 aliphatic rings. The van der Waals surface area contributed by atoms with Crippen LogP contribution in [0.15, 0.2) is 12.1 Å². The van der Waals surface area contributed by atoms with Gasteiger partial charge >= 0.3 is 0 Å². The summed E-state index contributed by atoms with van der Waals surface area (Å²) in [5.74, 6) is 0. The minimum atomic E-state index is -0.185. The number of hydrogen-bond donors (Lipinski definition) is 2. The van der Waals surface area contributed by atoms with E-state index in [0.29, 0.717) is 16.5 Å². The van der Waals surface area contributed by atoms with Gasteiger partial charge in [0, 0.05) is 12.6 Å². The zero-order valence-corrected chi connectivity index (χ0v) is 9.44. The summed E-state index contributed by atoms with van der Waals surface area (Å²) in [6.45, 7) is 1.95. The van der Waals surface area contributed by atoms with Crippen molar-refractivity contribution in [2.24, 2.45) is 5.73 Å². The lowest BCUT2D eigenvalue weighted by molar-refractivity contribution is 0.276.